The highest BCUT2D eigenvalue weighted by Crippen LogP contribution is 2.40. The average molecular weight is 327 g/mol. The Kier molecular flexibility index (Phi) is 3.56. The summed E-state index contributed by atoms with van der Waals surface area (Å²) in [5, 5.41) is 6.15. The van der Waals surface area contributed by atoms with Crippen LogP contribution in [0.1, 0.15) is 30.5 Å². The second-order valence-corrected chi connectivity index (χ2v) is 6.16. The molecule has 0 radical (unpaired) electrons. The fourth-order valence-corrected chi connectivity index (χ4v) is 3.09. The molecule has 96 valence electrons. The van der Waals surface area contributed by atoms with Gasteiger partial charge < -0.3 is 0 Å². The van der Waals surface area contributed by atoms with E-state index in [0.29, 0.717) is 0 Å². The van der Waals surface area contributed by atoms with Crippen LogP contribution in [0.15, 0.2) is 23.3 Å². The van der Waals surface area contributed by atoms with Gasteiger partial charge in [0.25, 0.3) is 0 Å². The number of halogens is 1. The Balaban J connectivity index is 2.71. The molecule has 1 aromatic rings. The molecule has 3 nitrogen and oxygen atoms in total. The van der Waals surface area contributed by atoms with Gasteiger partial charge in [0.05, 0.1) is 0 Å². The second kappa shape index (κ2) is 4.70. The first kappa shape index (κ1) is 13.6. The summed E-state index contributed by atoms with van der Waals surface area (Å²) in [5.74, 6) is 0. The molecule has 5 heteroatoms. The van der Waals surface area contributed by atoms with Crippen molar-refractivity contribution < 1.29 is 4.79 Å². The zero-order valence-electron chi connectivity index (χ0n) is 10.5. The zero-order chi connectivity index (χ0) is 13.5. The van der Waals surface area contributed by atoms with Crippen LogP contribution >= 0.6 is 28.6 Å². The maximum Gasteiger partial charge on any atom is 0.181 e. The third-order valence-corrected chi connectivity index (χ3v) is 4.13. The summed E-state index contributed by atoms with van der Waals surface area (Å²) in [4.78, 5) is 10.6. The predicted molar refractivity (Wildman–Crippen MR) is 80.3 cm³/mol. The van der Waals surface area contributed by atoms with Crippen molar-refractivity contribution in [1.29, 1.82) is 0 Å². The number of nitrogens with zero attached hydrogens (tertiary/aromatic N) is 2. The lowest BCUT2D eigenvalue weighted by Gasteiger charge is -2.41. The number of hydrazone groups is 1. The Bertz CT molecular complexity index is 530. The minimum Gasteiger partial charge on any atom is -0.299 e. The lowest BCUT2D eigenvalue weighted by Crippen LogP contribution is -2.47. The molecule has 0 spiro atoms. The van der Waals surface area contributed by atoms with Crippen LogP contribution < -0.4 is 0 Å². The fourth-order valence-electron chi connectivity index (χ4n) is 2.12. The van der Waals surface area contributed by atoms with Gasteiger partial charge in [-0.2, -0.15) is 5.10 Å². The van der Waals surface area contributed by atoms with Crippen LogP contribution in [0.25, 0.3) is 0 Å². The van der Waals surface area contributed by atoms with Crippen LogP contribution in [0, 0.1) is 6.92 Å². The Morgan fingerprint density at radius 2 is 2.17 bits per heavy atom. The molecule has 0 fully saturated rings. The van der Waals surface area contributed by atoms with Gasteiger partial charge in [-0.25, -0.2) is 0 Å². The summed E-state index contributed by atoms with van der Waals surface area (Å²) in [6.07, 6.45) is 0.845. The highest BCUT2D eigenvalue weighted by Gasteiger charge is 2.41. The number of carbonyl (C=O) groups excluding carboxylic acids is 1. The largest absolute Gasteiger partial charge is 0.299 e. The van der Waals surface area contributed by atoms with Gasteiger partial charge in [0.15, 0.2) is 11.2 Å². The topological polar surface area (TPSA) is 32.7 Å². The van der Waals surface area contributed by atoms with E-state index in [2.05, 4.69) is 33.7 Å². The van der Waals surface area contributed by atoms with Crippen molar-refractivity contribution in [3.8, 4) is 0 Å². The molecular weight excluding hydrogens is 312 g/mol. The number of benzene rings is 1. The third-order valence-electron chi connectivity index (χ3n) is 2.99. The normalized spacial score (nSPS) is 22.8. The van der Waals surface area contributed by atoms with E-state index in [1.54, 1.807) is 5.01 Å². The maximum absolute atomic E-state index is 11.6. The molecule has 0 saturated carbocycles. The molecule has 1 aliphatic rings. The van der Waals surface area contributed by atoms with Crippen molar-refractivity contribution in [3.05, 3.63) is 34.9 Å². The summed E-state index contributed by atoms with van der Waals surface area (Å²) < 4.78 is 0.734. The van der Waals surface area contributed by atoms with E-state index in [-0.39, 0.29) is 6.04 Å². The summed E-state index contributed by atoms with van der Waals surface area (Å²) in [5.41, 5.74) is 2.89. The van der Waals surface area contributed by atoms with E-state index in [4.69, 9.17) is 0 Å². The van der Waals surface area contributed by atoms with E-state index >= 15 is 0 Å². The Morgan fingerprint density at radius 3 is 2.72 bits per heavy atom. The molecule has 0 aliphatic carbocycles. The number of rotatable bonds is 2. The van der Waals surface area contributed by atoms with Crippen LogP contribution in [-0.4, -0.2) is 22.0 Å². The minimum atomic E-state index is -1.01. The quantitative estimate of drug-likeness (QED) is 0.669. The molecule has 1 aromatic carbocycles. The van der Waals surface area contributed by atoms with E-state index in [9.17, 15) is 4.79 Å². The Morgan fingerprint density at radius 1 is 1.50 bits per heavy atom. The Labute approximate surface area is 121 Å². The molecule has 0 saturated heterocycles. The highest BCUT2D eigenvalue weighted by atomic mass is 79.9. The van der Waals surface area contributed by atoms with Crippen LogP contribution in [0.4, 0.5) is 0 Å². The number of hydrogen-bond donors (Lipinski definition) is 1. The predicted octanol–water partition coefficient (Wildman–Crippen LogP) is 3.06. The van der Waals surface area contributed by atoms with Crippen LogP contribution in [-0.2, 0) is 9.67 Å². The van der Waals surface area contributed by atoms with E-state index in [1.807, 2.05) is 39.0 Å². The van der Waals surface area contributed by atoms with Crippen molar-refractivity contribution >= 4 is 39.5 Å². The van der Waals surface area contributed by atoms with Gasteiger partial charge in [-0.3, -0.25) is 9.80 Å². The number of thiol groups is 1. The molecule has 0 amide bonds. The number of carbonyl (C=O) groups is 1. The second-order valence-electron chi connectivity index (χ2n) is 4.72. The van der Waals surface area contributed by atoms with Crippen molar-refractivity contribution in [2.24, 2.45) is 5.10 Å². The van der Waals surface area contributed by atoms with Crippen molar-refractivity contribution in [2.75, 3.05) is 0 Å². The molecule has 1 unspecified atom stereocenters. The minimum absolute atomic E-state index is 0.0777. The van der Waals surface area contributed by atoms with Gasteiger partial charge in [0.2, 0.25) is 0 Å². The number of hydrogen-bond acceptors (Lipinski definition) is 4. The molecular formula is C13H15BrN2OS. The summed E-state index contributed by atoms with van der Waals surface area (Å²) in [6.45, 7) is 5.97. The first-order valence-corrected chi connectivity index (χ1v) is 6.98. The average Bonchev–Trinajstić information content (AvgIpc) is 2.33. The molecule has 0 N–H and O–H groups in total. The Hall–Kier alpha value is -0.810. The van der Waals surface area contributed by atoms with E-state index < -0.39 is 4.87 Å². The third kappa shape index (κ3) is 1.99. The van der Waals surface area contributed by atoms with Gasteiger partial charge >= 0.3 is 0 Å². The van der Waals surface area contributed by atoms with Crippen molar-refractivity contribution in [2.45, 2.75) is 31.7 Å². The fraction of sp³-hybridized carbons (Fsp3) is 0.385. The van der Waals surface area contributed by atoms with Gasteiger partial charge in [-0.15, -0.1) is 12.6 Å². The number of aryl methyl sites for hydroxylation is 1. The standard InChI is InChI=1S/C13H15BrN2OS/c1-8(2)16-13(18,7-17)11-6-9(3)4-5-10(11)12(14)15-16/h4-8,18H,1-3H3. The smallest absolute Gasteiger partial charge is 0.181 e. The van der Waals surface area contributed by atoms with Gasteiger partial charge in [0, 0.05) is 17.2 Å². The number of aldehydes is 1. The van der Waals surface area contributed by atoms with Gasteiger partial charge in [-0.1, -0.05) is 23.8 Å². The zero-order valence-corrected chi connectivity index (χ0v) is 13.0. The molecule has 18 heavy (non-hydrogen) atoms. The molecule has 1 heterocycles. The van der Waals surface area contributed by atoms with Crippen LogP contribution in [0.5, 0.6) is 0 Å². The van der Waals surface area contributed by atoms with Crippen LogP contribution in [0.3, 0.4) is 0 Å². The molecule has 2 rings (SSSR count). The van der Waals surface area contributed by atoms with Gasteiger partial charge in [0.1, 0.15) is 4.62 Å². The van der Waals surface area contributed by atoms with E-state index in [1.165, 1.54) is 0 Å². The van der Waals surface area contributed by atoms with Crippen molar-refractivity contribution in [1.82, 2.24) is 5.01 Å². The lowest BCUT2D eigenvalue weighted by molar-refractivity contribution is -0.115. The van der Waals surface area contributed by atoms with Crippen LogP contribution in [0.2, 0.25) is 0 Å². The molecule has 0 bridgehead atoms. The monoisotopic (exact) mass is 326 g/mol. The first-order chi connectivity index (χ1) is 8.40. The summed E-state index contributed by atoms with van der Waals surface area (Å²) >= 11 is 8.04. The lowest BCUT2D eigenvalue weighted by atomic mass is 9.96. The summed E-state index contributed by atoms with van der Waals surface area (Å²) in [7, 11) is 0. The van der Waals surface area contributed by atoms with Crippen molar-refractivity contribution in [3.63, 3.8) is 0 Å². The van der Waals surface area contributed by atoms with Gasteiger partial charge in [-0.05, 0) is 36.7 Å². The molecule has 0 aromatic heterocycles. The molecule has 1 aliphatic heterocycles. The van der Waals surface area contributed by atoms with E-state index in [0.717, 1.165) is 27.6 Å². The molecule has 1 atom stereocenters. The maximum atomic E-state index is 11.6. The summed E-state index contributed by atoms with van der Waals surface area (Å²) in [6, 6.07) is 6.03. The first-order valence-electron chi connectivity index (χ1n) is 5.74. The number of fused-ring (bicyclic) bond motifs is 1. The SMILES string of the molecule is Cc1ccc2c(c1)C(S)(C=O)N(C(C)C)N=C2Br. The highest BCUT2D eigenvalue weighted by molar-refractivity contribution is 9.18.